The normalized spacial score (nSPS) is 10.7. The van der Waals surface area contributed by atoms with Gasteiger partial charge in [0, 0.05) is 12.1 Å². The van der Waals surface area contributed by atoms with E-state index in [-0.39, 0.29) is 5.91 Å². The van der Waals surface area contributed by atoms with Gasteiger partial charge in [-0.1, -0.05) is 12.1 Å². The van der Waals surface area contributed by atoms with E-state index in [4.69, 9.17) is 4.74 Å². The molecule has 118 valence electrons. The van der Waals surface area contributed by atoms with Gasteiger partial charge in [-0.2, -0.15) is 0 Å². The molecule has 23 heavy (non-hydrogen) atoms. The first kappa shape index (κ1) is 15.1. The Morgan fingerprint density at radius 2 is 2.13 bits per heavy atom. The van der Waals surface area contributed by atoms with Gasteiger partial charge in [-0.15, -0.1) is 0 Å². The Kier molecular flexibility index (Phi) is 4.28. The van der Waals surface area contributed by atoms with E-state index in [1.807, 2.05) is 31.2 Å². The fraction of sp³-hybridized carbons (Fsp3) is 0.222. The number of benzene rings is 2. The largest absolute Gasteiger partial charge is 0.497 e. The second-order valence-corrected chi connectivity index (χ2v) is 5.41. The van der Waals surface area contributed by atoms with Gasteiger partial charge in [0.15, 0.2) is 0 Å². The summed E-state index contributed by atoms with van der Waals surface area (Å²) in [7, 11) is 1.59. The summed E-state index contributed by atoms with van der Waals surface area (Å²) < 4.78 is 5.13. The highest BCUT2D eigenvalue weighted by Gasteiger charge is 2.06. The maximum atomic E-state index is 12.1. The number of H-pyrrole nitrogens is 1. The van der Waals surface area contributed by atoms with Gasteiger partial charge in [-0.25, -0.2) is 4.98 Å². The fourth-order valence-electron chi connectivity index (χ4n) is 2.53. The second-order valence-electron chi connectivity index (χ2n) is 5.41. The van der Waals surface area contributed by atoms with Crippen molar-refractivity contribution in [2.45, 2.75) is 13.3 Å². The zero-order valence-electron chi connectivity index (χ0n) is 13.2. The molecular weight excluding hydrogens is 290 g/mol. The third kappa shape index (κ3) is 3.51. The lowest BCUT2D eigenvalue weighted by Gasteiger charge is -2.07. The van der Waals surface area contributed by atoms with Crippen molar-refractivity contribution >= 4 is 16.9 Å². The third-order valence-corrected chi connectivity index (χ3v) is 3.70. The molecule has 0 fully saturated rings. The van der Waals surface area contributed by atoms with Crippen LogP contribution in [0.1, 0.15) is 21.7 Å². The predicted molar refractivity (Wildman–Crippen MR) is 89.9 cm³/mol. The summed E-state index contributed by atoms with van der Waals surface area (Å²) in [5.74, 6) is 1.49. The van der Waals surface area contributed by atoms with E-state index in [0.29, 0.717) is 17.9 Å². The zero-order valence-corrected chi connectivity index (χ0v) is 13.2. The van der Waals surface area contributed by atoms with E-state index in [0.717, 1.165) is 28.8 Å². The number of carbonyl (C=O) groups is 1. The molecule has 5 nitrogen and oxygen atoms in total. The standard InChI is InChI=1S/C18H19N3O2/c1-12-20-16-7-6-13(10-17(16)21-12)8-9-19-18(22)14-4-3-5-15(11-14)23-2/h3-7,10-11H,8-9H2,1-2H3,(H,19,22)(H,20,21). The van der Waals surface area contributed by atoms with E-state index in [9.17, 15) is 4.79 Å². The molecule has 2 aromatic carbocycles. The van der Waals surface area contributed by atoms with Crippen molar-refractivity contribution in [2.24, 2.45) is 0 Å². The molecule has 2 N–H and O–H groups in total. The van der Waals surface area contributed by atoms with Gasteiger partial charge in [-0.3, -0.25) is 4.79 Å². The molecule has 1 amide bonds. The quantitative estimate of drug-likeness (QED) is 0.761. The van der Waals surface area contributed by atoms with Gasteiger partial charge in [0.05, 0.1) is 18.1 Å². The van der Waals surface area contributed by atoms with Crippen LogP contribution in [-0.2, 0) is 6.42 Å². The Balaban J connectivity index is 1.60. The number of hydrogen-bond donors (Lipinski definition) is 2. The molecular formula is C18H19N3O2. The number of aromatic nitrogens is 2. The van der Waals surface area contributed by atoms with Crippen LogP contribution in [0.3, 0.4) is 0 Å². The van der Waals surface area contributed by atoms with Crippen LogP contribution in [-0.4, -0.2) is 29.5 Å². The number of rotatable bonds is 5. The Bertz CT molecular complexity index is 839. The molecule has 0 aliphatic rings. The molecule has 3 aromatic rings. The molecule has 0 aliphatic carbocycles. The SMILES string of the molecule is COc1cccc(C(=O)NCCc2ccc3nc(C)[nH]c3c2)c1. The van der Waals surface area contributed by atoms with Crippen molar-refractivity contribution in [3.05, 3.63) is 59.4 Å². The number of nitrogens with one attached hydrogen (secondary N) is 2. The average molecular weight is 309 g/mol. The van der Waals surface area contributed by atoms with Crippen LogP contribution in [0.25, 0.3) is 11.0 Å². The number of amides is 1. The topological polar surface area (TPSA) is 67.0 Å². The number of aromatic amines is 1. The summed E-state index contributed by atoms with van der Waals surface area (Å²) in [5.41, 5.74) is 3.75. The highest BCUT2D eigenvalue weighted by molar-refractivity contribution is 5.94. The minimum absolute atomic E-state index is 0.0950. The van der Waals surface area contributed by atoms with Gasteiger partial charge in [0.1, 0.15) is 11.6 Å². The van der Waals surface area contributed by atoms with Gasteiger partial charge < -0.3 is 15.0 Å². The molecule has 1 heterocycles. The van der Waals surface area contributed by atoms with Crippen LogP contribution in [0, 0.1) is 6.92 Å². The number of aryl methyl sites for hydroxylation is 1. The molecule has 0 spiro atoms. The lowest BCUT2D eigenvalue weighted by atomic mass is 10.1. The predicted octanol–water partition coefficient (Wildman–Crippen LogP) is 2.85. The van der Waals surface area contributed by atoms with Crippen LogP contribution in [0.2, 0.25) is 0 Å². The summed E-state index contributed by atoms with van der Waals surface area (Å²) in [4.78, 5) is 19.7. The van der Waals surface area contributed by atoms with Crippen molar-refractivity contribution < 1.29 is 9.53 Å². The highest BCUT2D eigenvalue weighted by atomic mass is 16.5. The van der Waals surface area contributed by atoms with Gasteiger partial charge in [-0.05, 0) is 49.2 Å². The number of carbonyl (C=O) groups excluding carboxylic acids is 1. The van der Waals surface area contributed by atoms with E-state index < -0.39 is 0 Å². The monoisotopic (exact) mass is 309 g/mol. The minimum Gasteiger partial charge on any atom is -0.497 e. The van der Waals surface area contributed by atoms with Crippen LogP contribution < -0.4 is 10.1 Å². The number of hydrogen-bond acceptors (Lipinski definition) is 3. The average Bonchev–Trinajstić information content (AvgIpc) is 2.94. The molecule has 0 saturated heterocycles. The summed E-state index contributed by atoms with van der Waals surface area (Å²) in [6, 6.07) is 13.2. The Hall–Kier alpha value is -2.82. The number of methoxy groups -OCH3 is 1. The first-order valence-corrected chi connectivity index (χ1v) is 7.53. The molecule has 1 aromatic heterocycles. The molecule has 0 radical (unpaired) electrons. The molecule has 0 saturated carbocycles. The van der Waals surface area contributed by atoms with Crippen molar-refractivity contribution in [2.75, 3.05) is 13.7 Å². The van der Waals surface area contributed by atoms with Gasteiger partial charge in [0.2, 0.25) is 0 Å². The molecule has 0 unspecified atom stereocenters. The molecule has 5 heteroatoms. The first-order chi connectivity index (χ1) is 11.2. The maximum Gasteiger partial charge on any atom is 0.251 e. The van der Waals surface area contributed by atoms with Crippen molar-refractivity contribution in [1.29, 1.82) is 0 Å². The number of imidazole rings is 1. The summed E-state index contributed by atoms with van der Waals surface area (Å²) in [6.45, 7) is 2.52. The van der Waals surface area contributed by atoms with E-state index >= 15 is 0 Å². The lowest BCUT2D eigenvalue weighted by Crippen LogP contribution is -2.25. The van der Waals surface area contributed by atoms with Crippen LogP contribution in [0.5, 0.6) is 5.75 Å². The van der Waals surface area contributed by atoms with Crippen LogP contribution in [0.4, 0.5) is 0 Å². The fourth-order valence-corrected chi connectivity index (χ4v) is 2.53. The zero-order chi connectivity index (χ0) is 16.2. The molecule has 0 aliphatic heterocycles. The number of nitrogens with zero attached hydrogens (tertiary/aromatic N) is 1. The minimum atomic E-state index is -0.0950. The Morgan fingerprint density at radius 1 is 1.26 bits per heavy atom. The van der Waals surface area contributed by atoms with E-state index in [1.165, 1.54) is 0 Å². The van der Waals surface area contributed by atoms with Gasteiger partial charge in [0.25, 0.3) is 5.91 Å². The van der Waals surface area contributed by atoms with Crippen molar-refractivity contribution in [3.8, 4) is 5.75 Å². The lowest BCUT2D eigenvalue weighted by molar-refractivity contribution is 0.0954. The third-order valence-electron chi connectivity index (χ3n) is 3.70. The number of fused-ring (bicyclic) bond motifs is 1. The highest BCUT2D eigenvalue weighted by Crippen LogP contribution is 2.14. The van der Waals surface area contributed by atoms with E-state index in [1.54, 1.807) is 19.2 Å². The van der Waals surface area contributed by atoms with Crippen LogP contribution in [0.15, 0.2) is 42.5 Å². The summed E-state index contributed by atoms with van der Waals surface area (Å²) >= 11 is 0. The van der Waals surface area contributed by atoms with Gasteiger partial charge >= 0.3 is 0 Å². The van der Waals surface area contributed by atoms with E-state index in [2.05, 4.69) is 21.4 Å². The summed E-state index contributed by atoms with van der Waals surface area (Å²) in [5, 5.41) is 2.93. The van der Waals surface area contributed by atoms with Crippen molar-refractivity contribution in [3.63, 3.8) is 0 Å². The number of ether oxygens (including phenoxy) is 1. The van der Waals surface area contributed by atoms with Crippen molar-refractivity contribution in [1.82, 2.24) is 15.3 Å². The summed E-state index contributed by atoms with van der Waals surface area (Å²) in [6.07, 6.45) is 0.768. The second kappa shape index (κ2) is 6.52. The Morgan fingerprint density at radius 3 is 2.96 bits per heavy atom. The smallest absolute Gasteiger partial charge is 0.251 e. The molecule has 3 rings (SSSR count). The molecule has 0 bridgehead atoms. The molecule has 0 atom stereocenters. The Labute approximate surface area is 134 Å². The van der Waals surface area contributed by atoms with Crippen LogP contribution >= 0.6 is 0 Å². The maximum absolute atomic E-state index is 12.1. The first-order valence-electron chi connectivity index (χ1n) is 7.53.